The first kappa shape index (κ1) is 28.2. The molecule has 3 aromatic rings. The van der Waals surface area contributed by atoms with Crippen LogP contribution in [0.4, 0.5) is 0 Å². The van der Waals surface area contributed by atoms with Crippen molar-refractivity contribution in [3.8, 4) is 11.5 Å². The Morgan fingerprint density at radius 1 is 1.08 bits per heavy atom. The number of methoxy groups -OCH3 is 2. The molecule has 0 bridgehead atoms. The van der Waals surface area contributed by atoms with Crippen molar-refractivity contribution in [2.75, 3.05) is 27.3 Å². The van der Waals surface area contributed by atoms with Gasteiger partial charge < -0.3 is 24.7 Å². The molecule has 0 spiro atoms. The third-order valence-corrected chi connectivity index (χ3v) is 7.63. The van der Waals surface area contributed by atoms with E-state index in [4.69, 9.17) is 9.47 Å². The summed E-state index contributed by atoms with van der Waals surface area (Å²) in [5, 5.41) is 3.02. The molecule has 1 aliphatic rings. The summed E-state index contributed by atoms with van der Waals surface area (Å²) in [6.45, 7) is 3.42. The molecule has 0 aliphatic carbocycles. The molecule has 2 heterocycles. The van der Waals surface area contributed by atoms with Gasteiger partial charge in [0.05, 0.1) is 26.2 Å². The molecule has 1 aromatic heterocycles. The second-order valence-corrected chi connectivity index (χ2v) is 10.4. The molecule has 39 heavy (non-hydrogen) atoms. The van der Waals surface area contributed by atoms with Gasteiger partial charge in [-0.15, -0.1) is 0 Å². The number of amides is 2. The third kappa shape index (κ3) is 6.99. The Hall–Kier alpha value is -3.81. The predicted molar refractivity (Wildman–Crippen MR) is 151 cm³/mol. The Morgan fingerprint density at radius 3 is 2.51 bits per heavy atom. The van der Waals surface area contributed by atoms with Crippen LogP contribution in [0.5, 0.6) is 11.5 Å². The maximum atomic E-state index is 13.9. The summed E-state index contributed by atoms with van der Waals surface area (Å²) < 4.78 is 11.0. The minimum Gasteiger partial charge on any atom is -0.497 e. The van der Waals surface area contributed by atoms with Crippen LogP contribution in [0.1, 0.15) is 55.8 Å². The fourth-order valence-electron chi connectivity index (χ4n) is 5.45. The van der Waals surface area contributed by atoms with Gasteiger partial charge in [-0.05, 0) is 36.6 Å². The zero-order valence-corrected chi connectivity index (χ0v) is 23.2. The summed E-state index contributed by atoms with van der Waals surface area (Å²) in [6, 6.07) is 15.1. The molecular weight excluding hydrogens is 492 g/mol. The van der Waals surface area contributed by atoms with Gasteiger partial charge in [-0.2, -0.15) is 0 Å². The van der Waals surface area contributed by atoms with E-state index in [0.717, 1.165) is 54.0 Å². The number of benzene rings is 2. The number of imidazole rings is 1. The monoisotopic (exact) mass is 532 g/mol. The Labute approximate surface area is 231 Å². The Kier molecular flexibility index (Phi) is 9.63. The van der Waals surface area contributed by atoms with E-state index in [1.165, 1.54) is 0 Å². The molecule has 8 heteroatoms. The maximum absolute atomic E-state index is 13.9. The number of ether oxygens (including phenoxy) is 2. The van der Waals surface area contributed by atoms with Gasteiger partial charge in [-0.25, -0.2) is 4.98 Å². The average molecular weight is 533 g/mol. The topological polar surface area (TPSA) is 96.5 Å². The summed E-state index contributed by atoms with van der Waals surface area (Å²) in [5.74, 6) is 1.40. The van der Waals surface area contributed by atoms with Crippen LogP contribution in [0.15, 0.2) is 61.1 Å². The fourth-order valence-corrected chi connectivity index (χ4v) is 5.45. The van der Waals surface area contributed by atoms with Crippen LogP contribution in [0, 0.1) is 0 Å². The Morgan fingerprint density at radius 2 is 1.85 bits per heavy atom. The number of aromatic amines is 1. The van der Waals surface area contributed by atoms with Gasteiger partial charge >= 0.3 is 0 Å². The summed E-state index contributed by atoms with van der Waals surface area (Å²) in [5.41, 5.74) is 2.79. The minimum atomic E-state index is -0.656. The molecule has 2 N–H and O–H groups in total. The zero-order valence-electron chi connectivity index (χ0n) is 23.2. The number of hydrogen-bond acceptors (Lipinski definition) is 5. The van der Waals surface area contributed by atoms with Crippen molar-refractivity contribution < 1.29 is 19.1 Å². The van der Waals surface area contributed by atoms with E-state index < -0.39 is 6.04 Å². The van der Waals surface area contributed by atoms with Gasteiger partial charge in [0.15, 0.2) is 0 Å². The first-order chi connectivity index (χ1) is 19.0. The van der Waals surface area contributed by atoms with Crippen LogP contribution in [-0.4, -0.2) is 60.0 Å². The number of H-pyrrole nitrogens is 1. The van der Waals surface area contributed by atoms with Crippen molar-refractivity contribution in [3.05, 3.63) is 77.9 Å². The lowest BCUT2D eigenvalue weighted by Gasteiger charge is -2.52. The molecule has 8 nitrogen and oxygen atoms in total. The fraction of sp³-hybridized carbons (Fsp3) is 0.452. The van der Waals surface area contributed by atoms with E-state index in [1.807, 2.05) is 47.4 Å². The molecule has 1 atom stereocenters. The lowest BCUT2D eigenvalue weighted by atomic mass is 9.69. The van der Waals surface area contributed by atoms with Crippen molar-refractivity contribution in [2.45, 2.75) is 63.3 Å². The highest BCUT2D eigenvalue weighted by atomic mass is 16.5. The smallest absolute Gasteiger partial charge is 0.245 e. The number of carbonyl (C=O) groups is 2. The van der Waals surface area contributed by atoms with E-state index in [-0.39, 0.29) is 23.7 Å². The van der Waals surface area contributed by atoms with Crippen molar-refractivity contribution in [1.82, 2.24) is 20.2 Å². The Balaban J connectivity index is 1.50. The van der Waals surface area contributed by atoms with Crippen LogP contribution in [0.2, 0.25) is 0 Å². The zero-order chi connectivity index (χ0) is 27.7. The Bertz CT molecular complexity index is 1200. The molecule has 0 radical (unpaired) electrons. The van der Waals surface area contributed by atoms with Crippen molar-refractivity contribution in [3.63, 3.8) is 0 Å². The van der Waals surface area contributed by atoms with Crippen LogP contribution in [0.3, 0.4) is 0 Å². The van der Waals surface area contributed by atoms with Crippen molar-refractivity contribution >= 4 is 11.8 Å². The molecule has 1 aliphatic heterocycles. The largest absolute Gasteiger partial charge is 0.497 e. The standard InChI is InChI=1S/C31H40N4O4/c1-4-5-8-17-31(26-9-6-7-10-28(26)39-3)20-35(21-31)30(37)27(18-23-11-14-25(38-2)15-12-23)34-29(36)16-13-24-19-32-22-33-24/h6-7,9-12,14-15,19,22,27H,4-5,8,13,16-18,20-21H2,1-3H3,(H,32,33)(H,34,36)/t27-/m1/s1. The molecule has 2 amide bonds. The number of likely N-dealkylation sites (tertiary alicyclic amines) is 1. The second kappa shape index (κ2) is 13.3. The van der Waals surface area contributed by atoms with E-state index in [2.05, 4.69) is 28.3 Å². The number of nitrogens with zero attached hydrogens (tertiary/aromatic N) is 2. The predicted octanol–water partition coefficient (Wildman–Crippen LogP) is 4.45. The van der Waals surface area contributed by atoms with Gasteiger partial charge in [0.25, 0.3) is 0 Å². The highest BCUT2D eigenvalue weighted by Gasteiger charge is 2.48. The first-order valence-electron chi connectivity index (χ1n) is 13.8. The van der Waals surface area contributed by atoms with Crippen LogP contribution in [0.25, 0.3) is 0 Å². The van der Waals surface area contributed by atoms with Gasteiger partial charge in [0, 0.05) is 43.1 Å². The molecule has 2 aromatic carbocycles. The lowest BCUT2D eigenvalue weighted by molar-refractivity contribution is -0.143. The van der Waals surface area contributed by atoms with Gasteiger partial charge in [0.1, 0.15) is 17.5 Å². The highest BCUT2D eigenvalue weighted by Crippen LogP contribution is 2.43. The molecular formula is C31H40N4O4. The molecule has 4 rings (SSSR count). The van der Waals surface area contributed by atoms with Crippen LogP contribution < -0.4 is 14.8 Å². The number of nitrogens with one attached hydrogen (secondary N) is 2. The van der Waals surface area contributed by atoms with E-state index >= 15 is 0 Å². The summed E-state index contributed by atoms with van der Waals surface area (Å²) in [4.78, 5) is 35.8. The highest BCUT2D eigenvalue weighted by molar-refractivity contribution is 5.89. The van der Waals surface area contributed by atoms with Crippen LogP contribution in [-0.2, 0) is 27.8 Å². The second-order valence-electron chi connectivity index (χ2n) is 10.4. The number of rotatable bonds is 14. The van der Waals surface area contributed by atoms with Crippen LogP contribution >= 0.6 is 0 Å². The van der Waals surface area contributed by atoms with E-state index in [0.29, 0.717) is 25.9 Å². The number of carbonyl (C=O) groups excluding carboxylic acids is 2. The molecule has 1 fully saturated rings. The van der Waals surface area contributed by atoms with Crippen molar-refractivity contribution in [2.24, 2.45) is 0 Å². The number of aromatic nitrogens is 2. The van der Waals surface area contributed by atoms with Gasteiger partial charge in [0.2, 0.25) is 11.8 Å². The van der Waals surface area contributed by atoms with E-state index in [1.54, 1.807) is 26.7 Å². The summed E-state index contributed by atoms with van der Waals surface area (Å²) in [6.07, 6.45) is 8.93. The maximum Gasteiger partial charge on any atom is 0.245 e. The number of para-hydroxylation sites is 1. The van der Waals surface area contributed by atoms with Crippen molar-refractivity contribution in [1.29, 1.82) is 0 Å². The minimum absolute atomic E-state index is 0.0556. The molecule has 208 valence electrons. The average Bonchev–Trinajstić information content (AvgIpc) is 3.47. The number of aryl methyl sites for hydroxylation is 1. The number of hydrogen-bond donors (Lipinski definition) is 2. The summed E-state index contributed by atoms with van der Waals surface area (Å²) >= 11 is 0. The normalized spacial score (nSPS) is 14.8. The molecule has 1 saturated heterocycles. The van der Waals surface area contributed by atoms with Gasteiger partial charge in [-0.3, -0.25) is 9.59 Å². The molecule has 0 unspecified atom stereocenters. The quantitative estimate of drug-likeness (QED) is 0.299. The summed E-state index contributed by atoms with van der Waals surface area (Å²) in [7, 11) is 3.32. The SMILES string of the molecule is CCCCCC1(c2ccccc2OC)CN(C(=O)[C@@H](Cc2ccc(OC)cc2)NC(=O)CCc2c[nH]cn2)C1. The van der Waals surface area contributed by atoms with Gasteiger partial charge in [-0.1, -0.05) is 56.5 Å². The first-order valence-corrected chi connectivity index (χ1v) is 13.8. The number of unbranched alkanes of at least 4 members (excludes halogenated alkanes) is 2. The third-order valence-electron chi connectivity index (χ3n) is 7.63. The lowest BCUT2D eigenvalue weighted by Crippen LogP contribution is -2.65. The van der Waals surface area contributed by atoms with E-state index in [9.17, 15) is 9.59 Å². The molecule has 0 saturated carbocycles.